The molecule has 1 N–H and O–H groups in total. The zero-order chi connectivity index (χ0) is 17.1. The Balaban J connectivity index is 2.05. The molecule has 122 valence electrons. The summed E-state index contributed by atoms with van der Waals surface area (Å²) in [6.07, 6.45) is 0. The molecule has 3 nitrogen and oxygen atoms in total. The van der Waals surface area contributed by atoms with E-state index in [1.165, 1.54) is 12.1 Å². The fraction of sp³-hybridized carbons (Fsp3) is 0.188. The average Bonchev–Trinajstić information content (AvgIpc) is 2.43. The van der Waals surface area contributed by atoms with Gasteiger partial charge in [0, 0.05) is 4.47 Å². The SMILES string of the molecule is Cc1cc(Br)cc(C)c1OCC(=O)Nc1cc(Cl)c(Cl)cc1Cl. The van der Waals surface area contributed by atoms with Crippen LogP contribution in [0.2, 0.25) is 15.1 Å². The molecule has 0 atom stereocenters. The van der Waals surface area contributed by atoms with Gasteiger partial charge >= 0.3 is 0 Å². The van der Waals surface area contributed by atoms with Crippen LogP contribution in [0.3, 0.4) is 0 Å². The van der Waals surface area contributed by atoms with Crippen LogP contribution in [-0.2, 0) is 4.79 Å². The summed E-state index contributed by atoms with van der Waals surface area (Å²) in [5.41, 5.74) is 2.27. The molecule has 0 saturated heterocycles. The third-order valence-electron chi connectivity index (χ3n) is 3.06. The first-order valence-electron chi connectivity index (χ1n) is 6.62. The van der Waals surface area contributed by atoms with Gasteiger partial charge in [-0.05, 0) is 49.2 Å². The summed E-state index contributed by atoms with van der Waals surface area (Å²) in [7, 11) is 0. The zero-order valence-corrected chi connectivity index (χ0v) is 16.2. The molecule has 0 heterocycles. The normalized spacial score (nSPS) is 10.5. The molecule has 0 unspecified atom stereocenters. The highest BCUT2D eigenvalue weighted by Crippen LogP contribution is 2.32. The minimum absolute atomic E-state index is 0.139. The highest BCUT2D eigenvalue weighted by molar-refractivity contribution is 9.10. The Kier molecular flexibility index (Phi) is 6.20. The van der Waals surface area contributed by atoms with E-state index in [0.717, 1.165) is 15.6 Å². The summed E-state index contributed by atoms with van der Waals surface area (Å²) in [6, 6.07) is 6.83. The minimum Gasteiger partial charge on any atom is -0.483 e. The summed E-state index contributed by atoms with van der Waals surface area (Å²) >= 11 is 21.2. The van der Waals surface area contributed by atoms with Crippen molar-refractivity contribution in [2.45, 2.75) is 13.8 Å². The topological polar surface area (TPSA) is 38.3 Å². The molecule has 0 aliphatic carbocycles. The van der Waals surface area contributed by atoms with Crippen LogP contribution in [0.4, 0.5) is 5.69 Å². The molecule has 1 amide bonds. The predicted molar refractivity (Wildman–Crippen MR) is 99.2 cm³/mol. The van der Waals surface area contributed by atoms with Crippen molar-refractivity contribution in [1.82, 2.24) is 0 Å². The fourth-order valence-corrected chi connectivity index (χ4v) is 3.35. The fourth-order valence-electron chi connectivity index (χ4n) is 2.07. The molecule has 2 aromatic rings. The Bertz CT molecular complexity index is 742. The van der Waals surface area contributed by atoms with E-state index in [9.17, 15) is 4.79 Å². The van der Waals surface area contributed by atoms with Crippen LogP contribution in [0.5, 0.6) is 5.75 Å². The van der Waals surface area contributed by atoms with Gasteiger partial charge in [-0.25, -0.2) is 0 Å². The Hall–Kier alpha value is -0.940. The number of carbonyl (C=O) groups is 1. The molecule has 0 saturated carbocycles. The van der Waals surface area contributed by atoms with Gasteiger partial charge in [0.15, 0.2) is 6.61 Å². The van der Waals surface area contributed by atoms with Gasteiger partial charge in [-0.1, -0.05) is 50.7 Å². The number of amides is 1. The molecule has 0 aliphatic heterocycles. The van der Waals surface area contributed by atoms with Gasteiger partial charge in [0.2, 0.25) is 0 Å². The van der Waals surface area contributed by atoms with Crippen LogP contribution >= 0.6 is 50.7 Å². The second-order valence-electron chi connectivity index (χ2n) is 4.95. The van der Waals surface area contributed by atoms with Crippen LogP contribution in [0.15, 0.2) is 28.7 Å². The van der Waals surface area contributed by atoms with Gasteiger partial charge in [0.25, 0.3) is 5.91 Å². The van der Waals surface area contributed by atoms with Gasteiger partial charge < -0.3 is 10.1 Å². The molecule has 0 spiro atoms. The van der Waals surface area contributed by atoms with E-state index in [4.69, 9.17) is 39.5 Å². The first-order chi connectivity index (χ1) is 10.8. The summed E-state index contributed by atoms with van der Waals surface area (Å²) < 4.78 is 6.58. The molecule has 7 heteroatoms. The van der Waals surface area contributed by atoms with Crippen molar-refractivity contribution in [3.8, 4) is 5.75 Å². The van der Waals surface area contributed by atoms with Crippen molar-refractivity contribution in [2.24, 2.45) is 0 Å². The molecule has 2 rings (SSSR count). The average molecular weight is 438 g/mol. The lowest BCUT2D eigenvalue weighted by molar-refractivity contribution is -0.118. The Labute approximate surface area is 158 Å². The van der Waals surface area contributed by atoms with E-state index in [1.807, 2.05) is 26.0 Å². The molecular formula is C16H13BrCl3NO2. The maximum Gasteiger partial charge on any atom is 0.262 e. The summed E-state index contributed by atoms with van der Waals surface area (Å²) in [5, 5.41) is 3.60. The van der Waals surface area contributed by atoms with E-state index in [0.29, 0.717) is 26.5 Å². The van der Waals surface area contributed by atoms with E-state index < -0.39 is 0 Å². The van der Waals surface area contributed by atoms with Gasteiger partial charge in [0.1, 0.15) is 5.75 Å². The summed E-state index contributed by atoms with van der Waals surface area (Å²) in [5.74, 6) is 0.343. The largest absolute Gasteiger partial charge is 0.483 e. The second-order valence-corrected chi connectivity index (χ2v) is 7.09. The number of hydrogen-bond donors (Lipinski definition) is 1. The van der Waals surface area contributed by atoms with Crippen LogP contribution in [0.25, 0.3) is 0 Å². The highest BCUT2D eigenvalue weighted by atomic mass is 79.9. The number of halogens is 4. The van der Waals surface area contributed by atoms with Crippen LogP contribution in [0.1, 0.15) is 11.1 Å². The van der Waals surface area contributed by atoms with Gasteiger partial charge in [-0.15, -0.1) is 0 Å². The summed E-state index contributed by atoms with van der Waals surface area (Å²) in [4.78, 5) is 12.0. The molecule has 0 radical (unpaired) electrons. The first kappa shape index (κ1) is 18.4. The predicted octanol–water partition coefficient (Wildman–Crippen LogP) is 6.04. The van der Waals surface area contributed by atoms with Gasteiger partial charge in [-0.3, -0.25) is 4.79 Å². The lowest BCUT2D eigenvalue weighted by Gasteiger charge is -2.13. The number of rotatable bonds is 4. The van der Waals surface area contributed by atoms with E-state index in [1.54, 1.807) is 0 Å². The number of carbonyl (C=O) groups excluding carboxylic acids is 1. The van der Waals surface area contributed by atoms with E-state index in [2.05, 4.69) is 21.2 Å². The van der Waals surface area contributed by atoms with Crippen LogP contribution in [-0.4, -0.2) is 12.5 Å². The van der Waals surface area contributed by atoms with Gasteiger partial charge in [-0.2, -0.15) is 0 Å². The molecule has 0 aliphatic rings. The molecule has 0 bridgehead atoms. The zero-order valence-electron chi connectivity index (χ0n) is 12.3. The Morgan fingerprint density at radius 3 is 2.22 bits per heavy atom. The lowest BCUT2D eigenvalue weighted by Crippen LogP contribution is -2.21. The molecular weight excluding hydrogens is 424 g/mol. The van der Waals surface area contributed by atoms with Crippen molar-refractivity contribution in [1.29, 1.82) is 0 Å². The third kappa shape index (κ3) is 4.77. The van der Waals surface area contributed by atoms with E-state index >= 15 is 0 Å². The van der Waals surface area contributed by atoms with Crippen LogP contribution < -0.4 is 10.1 Å². The lowest BCUT2D eigenvalue weighted by atomic mass is 10.1. The second kappa shape index (κ2) is 7.75. The molecule has 0 fully saturated rings. The minimum atomic E-state index is -0.341. The first-order valence-corrected chi connectivity index (χ1v) is 8.54. The smallest absolute Gasteiger partial charge is 0.262 e. The van der Waals surface area contributed by atoms with Crippen molar-refractivity contribution in [2.75, 3.05) is 11.9 Å². The number of nitrogens with one attached hydrogen (secondary N) is 1. The highest BCUT2D eigenvalue weighted by Gasteiger charge is 2.12. The maximum atomic E-state index is 12.0. The molecule has 23 heavy (non-hydrogen) atoms. The number of anilines is 1. The van der Waals surface area contributed by atoms with Crippen molar-refractivity contribution in [3.05, 3.63) is 54.9 Å². The standard InChI is InChI=1S/C16H13BrCl3NO2/c1-8-3-10(17)4-9(2)16(8)23-7-15(22)21-14-6-12(19)11(18)5-13(14)20/h3-6H,7H2,1-2H3,(H,21,22). The molecule has 2 aromatic carbocycles. The van der Waals surface area contributed by atoms with Gasteiger partial charge in [0.05, 0.1) is 20.8 Å². The van der Waals surface area contributed by atoms with Crippen molar-refractivity contribution >= 4 is 62.3 Å². The maximum absolute atomic E-state index is 12.0. The third-order valence-corrected chi connectivity index (χ3v) is 4.55. The number of ether oxygens (including phenoxy) is 1. The Morgan fingerprint density at radius 1 is 1.04 bits per heavy atom. The Morgan fingerprint density at radius 2 is 1.61 bits per heavy atom. The van der Waals surface area contributed by atoms with E-state index in [-0.39, 0.29) is 12.5 Å². The van der Waals surface area contributed by atoms with Crippen molar-refractivity contribution < 1.29 is 9.53 Å². The number of aryl methyl sites for hydroxylation is 2. The number of hydrogen-bond acceptors (Lipinski definition) is 2. The number of benzene rings is 2. The van der Waals surface area contributed by atoms with Crippen LogP contribution in [0, 0.1) is 13.8 Å². The molecule has 0 aromatic heterocycles. The van der Waals surface area contributed by atoms with Crippen molar-refractivity contribution in [3.63, 3.8) is 0 Å². The summed E-state index contributed by atoms with van der Waals surface area (Å²) in [6.45, 7) is 3.70. The monoisotopic (exact) mass is 435 g/mol. The quantitative estimate of drug-likeness (QED) is 0.592.